The third-order valence-electron chi connectivity index (χ3n) is 3.00. The van der Waals surface area contributed by atoms with Crippen LogP contribution in [0.25, 0.3) is 0 Å². The topological polar surface area (TPSA) is 64.7 Å². The number of rotatable bonds is 5. The minimum absolute atomic E-state index is 0.193. The maximum absolute atomic E-state index is 10.8. The Hall–Kier alpha value is -1.50. The van der Waals surface area contributed by atoms with E-state index in [1.54, 1.807) is 12.1 Å². The first-order valence-corrected chi connectivity index (χ1v) is 7.63. The molecule has 0 radical (unpaired) electrons. The Labute approximate surface area is 113 Å². The predicted octanol–water partition coefficient (Wildman–Crippen LogP) is 0.433. The smallest absolute Gasteiger partial charge is 0.340 e. The molecule has 0 aromatic heterocycles. The Morgan fingerprint density at radius 2 is 1.95 bits per heavy atom. The second-order valence-electron chi connectivity index (χ2n) is 4.47. The first-order chi connectivity index (χ1) is 9.00. The standard InChI is InChI=1S/C13H16N2O3S/c1-2-3-8-14-9-10-15(11-14)12-4-6-13(7-5-12)19(16,17)18/h4-7,9-11H,2-3,8H2,1H3/p+1. The van der Waals surface area contributed by atoms with Crippen molar-refractivity contribution in [3.8, 4) is 0 Å². The van der Waals surface area contributed by atoms with Crippen LogP contribution in [0.5, 0.6) is 0 Å². The summed E-state index contributed by atoms with van der Waals surface area (Å²) in [5.74, 6) is 0. The lowest BCUT2D eigenvalue weighted by Gasteiger charge is -2.07. The molecule has 0 saturated heterocycles. The van der Waals surface area contributed by atoms with Gasteiger partial charge in [0.25, 0.3) is 0 Å². The van der Waals surface area contributed by atoms with Gasteiger partial charge in [-0.05, 0) is 12.1 Å². The molecule has 19 heavy (non-hydrogen) atoms. The molecule has 1 unspecified atom stereocenters. The van der Waals surface area contributed by atoms with Crippen molar-refractivity contribution in [2.24, 2.45) is 0 Å². The highest BCUT2D eigenvalue weighted by Gasteiger charge is 2.19. The van der Waals surface area contributed by atoms with E-state index in [4.69, 9.17) is 0 Å². The second-order valence-corrected chi connectivity index (χ2v) is 5.85. The van der Waals surface area contributed by atoms with Crippen LogP contribution in [0.3, 0.4) is 0 Å². The quantitative estimate of drug-likeness (QED) is 0.629. The van der Waals surface area contributed by atoms with Gasteiger partial charge in [-0.3, -0.25) is 0 Å². The molecule has 1 heterocycles. The number of nitrogens with zero attached hydrogens (tertiary/aromatic N) is 1. The highest BCUT2D eigenvalue weighted by Crippen LogP contribution is 2.10. The fourth-order valence-corrected chi connectivity index (χ4v) is 2.37. The minimum atomic E-state index is -4.36. The third kappa shape index (κ3) is 3.50. The monoisotopic (exact) mass is 281 g/mol. The molecular weight excluding hydrogens is 264 g/mol. The van der Waals surface area contributed by atoms with E-state index in [2.05, 4.69) is 11.5 Å². The second kappa shape index (κ2) is 5.64. The number of benzene rings is 1. The van der Waals surface area contributed by atoms with Crippen molar-refractivity contribution in [1.82, 2.24) is 0 Å². The van der Waals surface area contributed by atoms with Crippen molar-refractivity contribution in [3.63, 3.8) is 0 Å². The van der Waals surface area contributed by atoms with Crippen LogP contribution in [0, 0.1) is 0 Å². The molecule has 1 aliphatic rings. The Bertz CT molecular complexity index is 603. The van der Waals surface area contributed by atoms with Gasteiger partial charge in [0.05, 0.1) is 4.90 Å². The van der Waals surface area contributed by atoms with E-state index in [0.717, 1.165) is 30.0 Å². The minimum Gasteiger partial charge on any atom is -0.744 e. The van der Waals surface area contributed by atoms with Gasteiger partial charge in [0.2, 0.25) is 6.20 Å². The average molecular weight is 281 g/mol. The lowest BCUT2D eigenvalue weighted by Crippen LogP contribution is -3.00. The van der Waals surface area contributed by atoms with Crippen molar-refractivity contribution in [3.05, 3.63) is 36.7 Å². The highest BCUT2D eigenvalue weighted by molar-refractivity contribution is 7.85. The van der Waals surface area contributed by atoms with Crippen LogP contribution in [-0.2, 0) is 10.1 Å². The molecule has 0 amide bonds. The van der Waals surface area contributed by atoms with Crippen molar-refractivity contribution in [2.45, 2.75) is 24.7 Å². The van der Waals surface area contributed by atoms with Gasteiger partial charge in [-0.25, -0.2) is 8.42 Å². The number of hydrogen-bond donors (Lipinski definition) is 1. The molecule has 1 aromatic carbocycles. The van der Waals surface area contributed by atoms with Crippen LogP contribution in [0.15, 0.2) is 41.6 Å². The van der Waals surface area contributed by atoms with Gasteiger partial charge in [0.15, 0.2) is 12.7 Å². The molecule has 1 atom stereocenters. The summed E-state index contributed by atoms with van der Waals surface area (Å²) in [7, 11) is -4.36. The fraction of sp³-hybridized carbons (Fsp3) is 0.308. The summed E-state index contributed by atoms with van der Waals surface area (Å²) < 4.78 is 34.6. The molecule has 0 bridgehead atoms. The van der Waals surface area contributed by atoms with E-state index < -0.39 is 10.1 Å². The molecule has 0 aliphatic carbocycles. The lowest BCUT2D eigenvalue weighted by molar-refractivity contribution is -0.674. The van der Waals surface area contributed by atoms with Crippen molar-refractivity contribution in [2.75, 3.05) is 6.54 Å². The van der Waals surface area contributed by atoms with Crippen LogP contribution in [-0.4, -0.2) is 30.4 Å². The van der Waals surface area contributed by atoms with Crippen LogP contribution in [0.2, 0.25) is 0 Å². The molecule has 2 rings (SSSR count). The molecule has 0 saturated carbocycles. The summed E-state index contributed by atoms with van der Waals surface area (Å²) in [5, 5.41) is 0. The summed E-state index contributed by atoms with van der Waals surface area (Å²) in [5.41, 5.74) is 0.905. The first-order valence-electron chi connectivity index (χ1n) is 6.23. The number of unbranched alkanes of at least 4 members (excludes halogenated alkanes) is 1. The first kappa shape index (κ1) is 13.9. The Morgan fingerprint density at radius 1 is 1.26 bits per heavy atom. The molecule has 5 nitrogen and oxygen atoms in total. The largest absolute Gasteiger partial charge is 0.744 e. The summed E-state index contributed by atoms with van der Waals surface area (Å²) in [6.45, 7) is 3.12. The third-order valence-corrected chi connectivity index (χ3v) is 3.85. The van der Waals surface area contributed by atoms with E-state index in [0.29, 0.717) is 0 Å². The summed E-state index contributed by atoms with van der Waals surface area (Å²) >= 11 is 0. The molecule has 0 fully saturated rings. The normalized spacial score (nSPS) is 18.6. The van der Waals surface area contributed by atoms with E-state index in [1.165, 1.54) is 12.1 Å². The van der Waals surface area contributed by atoms with Gasteiger partial charge in [0, 0.05) is 18.6 Å². The number of hydrogen-bond acceptors (Lipinski definition) is 3. The van der Waals surface area contributed by atoms with Gasteiger partial charge in [-0.1, -0.05) is 13.3 Å². The summed E-state index contributed by atoms with van der Waals surface area (Å²) in [6, 6.07) is 6.01. The van der Waals surface area contributed by atoms with E-state index in [9.17, 15) is 13.0 Å². The molecule has 102 valence electrons. The summed E-state index contributed by atoms with van der Waals surface area (Å²) in [4.78, 5) is 0.826. The van der Waals surface area contributed by atoms with Crippen molar-refractivity contribution >= 4 is 22.1 Å². The van der Waals surface area contributed by atoms with Crippen LogP contribution < -0.4 is 4.90 Å². The van der Waals surface area contributed by atoms with E-state index in [1.807, 2.05) is 18.7 Å². The Morgan fingerprint density at radius 3 is 2.53 bits per heavy atom. The average Bonchev–Trinajstić information content (AvgIpc) is 2.84. The molecular formula is C13H17N2O3S+. The van der Waals surface area contributed by atoms with Crippen LogP contribution >= 0.6 is 0 Å². The van der Waals surface area contributed by atoms with E-state index in [-0.39, 0.29) is 4.90 Å². The molecule has 6 heteroatoms. The SMILES string of the molecule is CCCC[N+]1=C[NH+](c2ccc(S(=O)(=O)[O-])cc2)C=C1. The highest BCUT2D eigenvalue weighted by atomic mass is 32.2. The van der Waals surface area contributed by atoms with Crippen LogP contribution in [0.4, 0.5) is 5.69 Å². The van der Waals surface area contributed by atoms with Crippen molar-refractivity contribution < 1.29 is 22.4 Å². The molecule has 1 aromatic rings. The zero-order valence-corrected chi connectivity index (χ0v) is 11.6. The molecule has 1 aliphatic heterocycles. The Balaban J connectivity index is 2.12. The van der Waals surface area contributed by atoms with E-state index >= 15 is 0 Å². The number of nitrogens with one attached hydrogen (secondary N) is 1. The Kier molecular flexibility index (Phi) is 4.14. The maximum Gasteiger partial charge on any atom is 0.340 e. The lowest BCUT2D eigenvalue weighted by atomic mass is 10.3. The van der Waals surface area contributed by atoms with Gasteiger partial charge in [0.1, 0.15) is 15.8 Å². The van der Waals surface area contributed by atoms with Gasteiger partial charge < -0.3 is 4.55 Å². The molecule has 0 spiro atoms. The predicted molar refractivity (Wildman–Crippen MR) is 70.3 cm³/mol. The maximum atomic E-state index is 10.8. The zero-order valence-electron chi connectivity index (χ0n) is 10.7. The number of quaternary nitrogens is 1. The fourth-order valence-electron chi connectivity index (χ4n) is 1.91. The zero-order chi connectivity index (χ0) is 13.9. The van der Waals surface area contributed by atoms with Gasteiger partial charge in [-0.15, -0.1) is 0 Å². The molecule has 1 N–H and O–H groups in total. The van der Waals surface area contributed by atoms with Gasteiger partial charge in [-0.2, -0.15) is 9.48 Å². The van der Waals surface area contributed by atoms with Gasteiger partial charge >= 0.3 is 6.34 Å². The summed E-state index contributed by atoms with van der Waals surface area (Å²) in [6.07, 6.45) is 8.28. The van der Waals surface area contributed by atoms with Crippen LogP contribution in [0.1, 0.15) is 19.8 Å². The van der Waals surface area contributed by atoms with Crippen molar-refractivity contribution in [1.29, 1.82) is 0 Å².